The minimum absolute atomic E-state index is 0.0546. The van der Waals surface area contributed by atoms with Gasteiger partial charge >= 0.3 is 19.5 Å². The van der Waals surface area contributed by atoms with Crippen molar-refractivity contribution in [3.05, 3.63) is 52.3 Å². The van der Waals surface area contributed by atoms with E-state index in [0.29, 0.717) is 45.3 Å². The van der Waals surface area contributed by atoms with Crippen LogP contribution in [0.4, 0.5) is 5.82 Å². The summed E-state index contributed by atoms with van der Waals surface area (Å²) < 4.78 is 49.0. The molecule has 0 bridgehead atoms. The highest BCUT2D eigenvalue weighted by Gasteiger charge is 2.67. The van der Waals surface area contributed by atoms with Crippen molar-refractivity contribution in [2.75, 3.05) is 91.0 Å². The van der Waals surface area contributed by atoms with Crippen LogP contribution in [0, 0.1) is 12.3 Å². The number of Topliss-reactive ketones (excluding diaryl/α,β-unsaturated/α-hetero) is 1. The molecule has 5 rings (SSSR count). The summed E-state index contributed by atoms with van der Waals surface area (Å²) in [6, 6.07) is 5.89. The number of pyridine rings is 1. The van der Waals surface area contributed by atoms with E-state index in [0.717, 1.165) is 51.4 Å². The molecule has 26 nitrogen and oxygen atoms in total. The fourth-order valence-electron chi connectivity index (χ4n) is 11.2. The van der Waals surface area contributed by atoms with Gasteiger partial charge in [0.25, 0.3) is 0 Å². The van der Waals surface area contributed by atoms with Crippen LogP contribution in [0.5, 0.6) is 0 Å². The van der Waals surface area contributed by atoms with Crippen LogP contribution < -0.4 is 31.9 Å². The maximum Gasteiger partial charge on any atom is 0.361 e. The number of nitrogens with one attached hydrogen (secondary N) is 5. The van der Waals surface area contributed by atoms with Crippen LogP contribution in [0.1, 0.15) is 165 Å². The molecule has 28 heteroatoms. The molecule has 0 spiro atoms. The first-order chi connectivity index (χ1) is 44.2. The molecule has 2 fully saturated rings. The number of nitrogens with zero attached hydrogens (tertiary/aromatic N) is 3. The van der Waals surface area contributed by atoms with Crippen molar-refractivity contribution < 1.29 is 85.9 Å². The van der Waals surface area contributed by atoms with Crippen molar-refractivity contribution >= 4 is 98.7 Å². The topological polar surface area (TPSA) is 348 Å². The Labute approximate surface area is 547 Å². The van der Waals surface area contributed by atoms with Crippen LogP contribution >= 0.6 is 23.5 Å². The SMILES string of the molecule is CCOP(=O)(OCC)c1ccc2c(C(C)=O)cn(CC(=O)N3[C@H](C(=O)Nc4nc(Br)ccc4C)C[C@@]4(CNC(=O)COCCOCCNC(=O)COCCOCCNC(=O)CC[C@H](NC(=O)CCCCCCCCCCCCCCCCC(=O)O)C(=O)O)C[C@@H]34)c2c1. The van der Waals surface area contributed by atoms with Crippen LogP contribution in [-0.2, 0) is 77.5 Å². The van der Waals surface area contributed by atoms with Crippen LogP contribution in [0.3, 0.4) is 0 Å². The number of benzene rings is 1. The Hall–Kier alpha value is -6.19. The number of aliphatic carboxylic acids is 2. The van der Waals surface area contributed by atoms with E-state index >= 15 is 0 Å². The third-order valence-corrected chi connectivity index (χ3v) is 18.6. The molecule has 2 aliphatic rings. The lowest BCUT2D eigenvalue weighted by Crippen LogP contribution is -2.46. The van der Waals surface area contributed by atoms with Gasteiger partial charge in [-0.05, 0) is 99.5 Å². The summed E-state index contributed by atoms with van der Waals surface area (Å²) in [5, 5.41) is 32.8. The Morgan fingerprint density at radius 1 is 0.685 bits per heavy atom. The molecule has 1 saturated carbocycles. The fourth-order valence-corrected chi connectivity index (χ4v) is 13.1. The molecule has 1 saturated heterocycles. The van der Waals surface area contributed by atoms with Crippen LogP contribution in [0.25, 0.3) is 10.9 Å². The zero-order chi connectivity index (χ0) is 66.9. The number of ether oxygens (including phenoxy) is 4. The molecule has 1 aromatic carbocycles. The maximum absolute atomic E-state index is 14.6. The highest BCUT2D eigenvalue weighted by atomic mass is 79.9. The lowest BCUT2D eigenvalue weighted by atomic mass is 9.99. The van der Waals surface area contributed by atoms with Gasteiger partial charge in [-0.25, -0.2) is 9.78 Å². The van der Waals surface area contributed by atoms with Crippen molar-refractivity contribution in [3.63, 3.8) is 0 Å². The molecule has 92 heavy (non-hydrogen) atoms. The number of piperidine rings is 1. The van der Waals surface area contributed by atoms with E-state index in [9.17, 15) is 52.8 Å². The molecule has 6 amide bonds. The molecule has 1 aliphatic carbocycles. The number of fused-ring (bicyclic) bond motifs is 2. The zero-order valence-electron chi connectivity index (χ0n) is 53.8. The fraction of sp³-hybridized carbons (Fsp3) is 0.656. The Morgan fingerprint density at radius 2 is 1.24 bits per heavy atom. The number of ketones is 1. The Bertz CT molecular complexity index is 2960. The maximum atomic E-state index is 14.6. The van der Waals surface area contributed by atoms with E-state index in [4.69, 9.17) is 33.1 Å². The number of carbonyl (C=O) groups is 9. The number of carboxylic acid groups (broad SMARTS) is 2. The third-order valence-electron chi connectivity index (χ3n) is 16.1. The van der Waals surface area contributed by atoms with Gasteiger partial charge in [0, 0.05) is 67.5 Å². The van der Waals surface area contributed by atoms with Gasteiger partial charge in [-0.3, -0.25) is 42.9 Å². The third kappa shape index (κ3) is 26.3. The summed E-state index contributed by atoms with van der Waals surface area (Å²) in [5.74, 6) is -4.20. The molecule has 7 N–H and O–H groups in total. The van der Waals surface area contributed by atoms with E-state index in [1.807, 2.05) is 0 Å². The average Bonchev–Trinajstić information content (AvgIpc) is 1.54. The van der Waals surface area contributed by atoms with Crippen molar-refractivity contribution in [1.29, 1.82) is 0 Å². The van der Waals surface area contributed by atoms with Crippen molar-refractivity contribution in [2.45, 2.75) is 181 Å². The second-order valence-electron chi connectivity index (χ2n) is 23.3. The molecule has 3 heterocycles. The number of amides is 6. The first-order valence-corrected chi connectivity index (χ1v) is 34.7. The number of carbonyl (C=O) groups excluding carboxylic acids is 7. The number of hydrogen-bond acceptors (Lipinski definition) is 17. The number of likely N-dealkylation sites (tertiary alicyclic amines) is 1. The van der Waals surface area contributed by atoms with Crippen molar-refractivity contribution in [3.8, 4) is 0 Å². The quantitative estimate of drug-likeness (QED) is 0.0126. The van der Waals surface area contributed by atoms with Gasteiger partial charge < -0.3 is 74.3 Å². The second kappa shape index (κ2) is 40.8. The van der Waals surface area contributed by atoms with Gasteiger partial charge in [-0.2, -0.15) is 0 Å². The predicted molar refractivity (Wildman–Crippen MR) is 346 cm³/mol. The summed E-state index contributed by atoms with van der Waals surface area (Å²) in [6.45, 7) is 7.47. The minimum atomic E-state index is -3.74. The number of halogens is 1. The van der Waals surface area contributed by atoms with Gasteiger partial charge in [0.05, 0.1) is 63.7 Å². The lowest BCUT2D eigenvalue weighted by molar-refractivity contribution is -0.142. The molecule has 0 unspecified atom stereocenters. The van der Waals surface area contributed by atoms with Gasteiger partial charge in [0.15, 0.2) is 5.78 Å². The summed E-state index contributed by atoms with van der Waals surface area (Å²) in [4.78, 5) is 120. The molecule has 1 aliphatic heterocycles. The summed E-state index contributed by atoms with van der Waals surface area (Å²) in [5.41, 5.74) is 0.908. The summed E-state index contributed by atoms with van der Waals surface area (Å²) in [7, 11) is -3.74. The first kappa shape index (κ1) is 76.5. The minimum Gasteiger partial charge on any atom is -0.481 e. The highest BCUT2D eigenvalue weighted by molar-refractivity contribution is 9.10. The van der Waals surface area contributed by atoms with Crippen LogP contribution in [-0.4, -0.2) is 182 Å². The molecule has 0 radical (unpaired) electrons. The monoisotopic (exact) mass is 1370 g/mol. The van der Waals surface area contributed by atoms with E-state index < -0.39 is 60.8 Å². The standard InChI is InChI=1S/C64H96BrN8O18P/c1-5-90-92(85,91-6-2)47-24-25-48-49(46(4)74)40-72(51(48)37-47)41-59(79)73-52(62(82)71-61-45(3)23-27-54(65)70-61)38-64(39-53(64)73)44-68-58(78)43-89-36-34-87-32-30-67-57(77)42-88-35-33-86-31-29-66-55(75)28-26-50(63(83)84)69-56(76)21-19-17-15-13-11-9-7-8-10-12-14-16-18-20-22-60(80)81/h23-25,27,37,40,50,52-53H,5-22,26,28-36,38-39,41-44H2,1-4H3,(H,66,75)(H,67,77)(H,68,78)(H,69,76)(H,80,81)(H,83,84)(H,70,71,82)/t50-,52-,53+,64-/m0/s1. The van der Waals surface area contributed by atoms with Gasteiger partial charge in [-0.15, -0.1) is 0 Å². The Kier molecular flexibility index (Phi) is 33.9. The van der Waals surface area contributed by atoms with E-state index in [1.165, 1.54) is 39.0 Å². The summed E-state index contributed by atoms with van der Waals surface area (Å²) >= 11 is 3.36. The number of unbranched alkanes of at least 4 members (excludes halogenated alkanes) is 13. The smallest absolute Gasteiger partial charge is 0.361 e. The first-order valence-electron chi connectivity index (χ1n) is 32.3. The molecule has 3 aromatic rings. The summed E-state index contributed by atoms with van der Waals surface area (Å²) in [6.07, 6.45) is 17.5. The number of aryl methyl sites for hydroxylation is 1. The predicted octanol–water partition coefficient (Wildman–Crippen LogP) is 7.29. The van der Waals surface area contributed by atoms with Crippen molar-refractivity contribution in [1.82, 2.24) is 35.7 Å². The molecule has 4 atom stereocenters. The number of carboxylic acids is 2. The Morgan fingerprint density at radius 3 is 1.80 bits per heavy atom. The zero-order valence-corrected chi connectivity index (χ0v) is 56.3. The van der Waals surface area contributed by atoms with E-state index in [2.05, 4.69) is 47.5 Å². The highest BCUT2D eigenvalue weighted by Crippen LogP contribution is 2.59. The van der Waals surface area contributed by atoms with Gasteiger partial charge in [0.1, 0.15) is 42.3 Å². The molecular weight excluding hydrogens is 1280 g/mol. The van der Waals surface area contributed by atoms with E-state index in [1.54, 1.807) is 66.8 Å². The van der Waals surface area contributed by atoms with Crippen LogP contribution in [0.15, 0.2) is 41.1 Å². The second-order valence-corrected chi connectivity index (χ2v) is 26.1. The number of hydrogen-bond donors (Lipinski definition) is 7. The van der Waals surface area contributed by atoms with E-state index in [-0.39, 0.29) is 153 Å². The number of anilines is 1. The Balaban J connectivity index is 0.894. The lowest BCUT2D eigenvalue weighted by Gasteiger charge is -2.27. The molecular formula is C64H96BrN8O18P. The number of aromatic nitrogens is 2. The number of rotatable bonds is 50. The normalized spacial score (nSPS) is 16.2. The average molecular weight is 1380 g/mol. The van der Waals surface area contributed by atoms with Gasteiger partial charge in [0.2, 0.25) is 35.4 Å². The molecule has 512 valence electrons. The van der Waals surface area contributed by atoms with Gasteiger partial charge in [-0.1, -0.05) is 89.2 Å². The largest absolute Gasteiger partial charge is 0.481 e. The van der Waals surface area contributed by atoms with Crippen molar-refractivity contribution in [2.24, 2.45) is 5.41 Å². The van der Waals surface area contributed by atoms with Crippen LogP contribution in [0.2, 0.25) is 0 Å². The molecule has 2 aromatic heterocycles.